The molecule has 0 aliphatic carbocycles. The van der Waals surface area contributed by atoms with E-state index in [4.69, 9.17) is 5.11 Å². The second kappa shape index (κ2) is 5.52. The molecule has 0 atom stereocenters. The number of nitrogens with one attached hydrogen (secondary N) is 1. The number of carbonyl (C=O) groups is 2. The number of aromatic carboxylic acids is 1. The number of carbonyl (C=O) groups excluding carboxylic acids is 1. The van der Waals surface area contributed by atoms with Crippen molar-refractivity contribution in [3.8, 4) is 0 Å². The van der Waals surface area contributed by atoms with Crippen LogP contribution in [-0.4, -0.2) is 36.9 Å². The maximum atomic E-state index is 12.2. The highest BCUT2D eigenvalue weighted by Gasteiger charge is 2.19. The molecule has 1 aromatic carbocycles. The first-order valence-electron chi connectivity index (χ1n) is 6.21. The Bertz CT molecular complexity index is 881. The van der Waals surface area contributed by atoms with E-state index in [-0.39, 0.29) is 5.69 Å². The van der Waals surface area contributed by atoms with Crippen molar-refractivity contribution in [1.29, 1.82) is 0 Å². The molecule has 8 nitrogen and oxygen atoms in total. The van der Waals surface area contributed by atoms with Gasteiger partial charge in [0.15, 0.2) is 11.4 Å². The lowest BCUT2D eigenvalue weighted by Crippen LogP contribution is -2.19. The van der Waals surface area contributed by atoms with Crippen molar-refractivity contribution in [3.63, 3.8) is 0 Å². The fourth-order valence-corrected chi connectivity index (χ4v) is 1.89. The van der Waals surface area contributed by atoms with Gasteiger partial charge in [-0.15, -0.1) is 0 Å². The highest BCUT2D eigenvalue weighted by atomic mass is 16.4. The molecule has 0 aliphatic rings. The van der Waals surface area contributed by atoms with Crippen LogP contribution in [0.4, 0.5) is 5.69 Å². The van der Waals surface area contributed by atoms with Gasteiger partial charge in [-0.05, 0) is 18.2 Å². The van der Waals surface area contributed by atoms with Crippen LogP contribution in [0.3, 0.4) is 0 Å². The number of aromatic nitrogens is 4. The molecule has 0 saturated carbocycles. The number of carboxylic acids is 1. The van der Waals surface area contributed by atoms with Gasteiger partial charge in [-0.1, -0.05) is 0 Å². The van der Waals surface area contributed by atoms with Gasteiger partial charge >= 0.3 is 5.97 Å². The third kappa shape index (κ3) is 2.57. The summed E-state index contributed by atoms with van der Waals surface area (Å²) >= 11 is 0. The van der Waals surface area contributed by atoms with E-state index in [0.29, 0.717) is 16.7 Å². The molecule has 2 aromatic heterocycles. The normalized spacial score (nSPS) is 10.4. The van der Waals surface area contributed by atoms with Crippen LogP contribution in [0.15, 0.2) is 43.0 Å². The molecule has 1 amide bonds. The molecule has 8 heteroatoms. The van der Waals surface area contributed by atoms with E-state index in [1.54, 1.807) is 30.6 Å². The summed E-state index contributed by atoms with van der Waals surface area (Å²) in [5.74, 6) is -1.98. The quantitative estimate of drug-likeness (QED) is 0.749. The maximum Gasteiger partial charge on any atom is 0.356 e. The molecular formula is C14H9N5O3. The van der Waals surface area contributed by atoms with Gasteiger partial charge in [0.25, 0.3) is 5.91 Å². The number of fused-ring (bicyclic) bond motifs is 1. The second-order valence-electron chi connectivity index (χ2n) is 4.27. The lowest BCUT2D eigenvalue weighted by atomic mass is 10.2. The fourth-order valence-electron chi connectivity index (χ4n) is 1.89. The van der Waals surface area contributed by atoms with Gasteiger partial charge in [0, 0.05) is 30.5 Å². The van der Waals surface area contributed by atoms with E-state index < -0.39 is 17.6 Å². The van der Waals surface area contributed by atoms with Gasteiger partial charge in [0.2, 0.25) is 0 Å². The molecule has 22 heavy (non-hydrogen) atoms. The van der Waals surface area contributed by atoms with Crippen molar-refractivity contribution in [2.45, 2.75) is 0 Å². The smallest absolute Gasteiger partial charge is 0.356 e. The van der Waals surface area contributed by atoms with Crippen LogP contribution in [-0.2, 0) is 0 Å². The Morgan fingerprint density at radius 2 is 1.50 bits per heavy atom. The zero-order chi connectivity index (χ0) is 15.5. The Balaban J connectivity index is 1.91. The first-order valence-corrected chi connectivity index (χ1v) is 6.21. The number of anilines is 1. The minimum Gasteiger partial charge on any atom is -0.476 e. The third-order valence-corrected chi connectivity index (χ3v) is 2.84. The topological polar surface area (TPSA) is 118 Å². The minimum absolute atomic E-state index is 0.255. The molecule has 2 heterocycles. The largest absolute Gasteiger partial charge is 0.476 e. The molecular weight excluding hydrogens is 286 g/mol. The Labute approximate surface area is 123 Å². The average Bonchev–Trinajstić information content (AvgIpc) is 2.54. The van der Waals surface area contributed by atoms with Crippen LogP contribution in [0.5, 0.6) is 0 Å². The van der Waals surface area contributed by atoms with Crippen LogP contribution in [0, 0.1) is 0 Å². The average molecular weight is 295 g/mol. The minimum atomic E-state index is -1.32. The molecule has 108 valence electrons. The molecule has 2 N–H and O–H groups in total. The Morgan fingerprint density at radius 3 is 2.23 bits per heavy atom. The van der Waals surface area contributed by atoms with E-state index in [9.17, 15) is 9.59 Å². The molecule has 0 aliphatic heterocycles. The molecule has 0 fully saturated rings. The zero-order valence-electron chi connectivity index (χ0n) is 11.1. The standard InChI is InChI=1S/C14H9N5O3/c20-13(11-12(14(21)22)18-6-5-17-11)19-8-1-2-9-10(7-8)16-4-3-15-9/h1-7H,(H,19,20)(H,21,22). The Hall–Kier alpha value is -3.42. The molecule has 0 unspecified atom stereocenters. The maximum absolute atomic E-state index is 12.2. The number of hydrogen-bond donors (Lipinski definition) is 2. The summed E-state index contributed by atoms with van der Waals surface area (Å²) in [7, 11) is 0. The number of rotatable bonds is 3. The van der Waals surface area contributed by atoms with Crippen molar-refractivity contribution in [2.24, 2.45) is 0 Å². The highest BCUT2D eigenvalue weighted by molar-refractivity contribution is 6.08. The van der Waals surface area contributed by atoms with E-state index in [0.717, 1.165) is 0 Å². The van der Waals surface area contributed by atoms with Gasteiger partial charge in [0.1, 0.15) is 0 Å². The third-order valence-electron chi connectivity index (χ3n) is 2.84. The van der Waals surface area contributed by atoms with E-state index in [2.05, 4.69) is 25.3 Å². The zero-order valence-corrected chi connectivity index (χ0v) is 11.1. The van der Waals surface area contributed by atoms with Crippen LogP contribution in [0.2, 0.25) is 0 Å². The molecule has 0 bridgehead atoms. The highest BCUT2D eigenvalue weighted by Crippen LogP contribution is 2.16. The fraction of sp³-hybridized carbons (Fsp3) is 0. The summed E-state index contributed by atoms with van der Waals surface area (Å²) in [5, 5.41) is 11.6. The van der Waals surface area contributed by atoms with E-state index in [1.807, 2.05) is 0 Å². The van der Waals surface area contributed by atoms with Gasteiger partial charge in [-0.3, -0.25) is 14.8 Å². The molecule has 3 aromatic rings. The van der Waals surface area contributed by atoms with Crippen LogP contribution < -0.4 is 5.32 Å². The van der Waals surface area contributed by atoms with Crippen LogP contribution in [0.25, 0.3) is 11.0 Å². The summed E-state index contributed by atoms with van der Waals surface area (Å²) in [6.45, 7) is 0. The summed E-state index contributed by atoms with van der Waals surface area (Å²) in [5.41, 5.74) is 1.10. The van der Waals surface area contributed by atoms with Crippen molar-refractivity contribution < 1.29 is 14.7 Å². The monoisotopic (exact) mass is 295 g/mol. The molecule has 0 radical (unpaired) electrons. The number of carboxylic acid groups (broad SMARTS) is 1. The predicted octanol–water partition coefficient (Wildman–Crippen LogP) is 1.37. The number of nitrogens with zero attached hydrogens (tertiary/aromatic N) is 4. The molecule has 0 saturated heterocycles. The first-order chi connectivity index (χ1) is 10.6. The lowest BCUT2D eigenvalue weighted by molar-refractivity contribution is 0.0685. The van der Waals surface area contributed by atoms with Crippen molar-refractivity contribution >= 4 is 28.6 Å². The van der Waals surface area contributed by atoms with Gasteiger partial charge in [0.05, 0.1) is 11.0 Å². The van der Waals surface area contributed by atoms with Gasteiger partial charge in [-0.2, -0.15) is 0 Å². The van der Waals surface area contributed by atoms with Crippen molar-refractivity contribution in [2.75, 3.05) is 5.32 Å². The van der Waals surface area contributed by atoms with Gasteiger partial charge < -0.3 is 10.4 Å². The second-order valence-corrected chi connectivity index (χ2v) is 4.27. The van der Waals surface area contributed by atoms with Crippen LogP contribution in [0.1, 0.15) is 21.0 Å². The van der Waals surface area contributed by atoms with Crippen molar-refractivity contribution in [1.82, 2.24) is 19.9 Å². The first kappa shape index (κ1) is 13.6. The Morgan fingerprint density at radius 1 is 0.864 bits per heavy atom. The number of benzene rings is 1. The number of hydrogen-bond acceptors (Lipinski definition) is 6. The van der Waals surface area contributed by atoms with E-state index >= 15 is 0 Å². The summed E-state index contributed by atoms with van der Waals surface area (Å²) in [4.78, 5) is 38.9. The number of amides is 1. The molecule has 3 rings (SSSR count). The predicted molar refractivity (Wildman–Crippen MR) is 76.5 cm³/mol. The lowest BCUT2D eigenvalue weighted by Gasteiger charge is -2.06. The van der Waals surface area contributed by atoms with Gasteiger partial charge in [-0.25, -0.2) is 14.8 Å². The summed E-state index contributed by atoms with van der Waals surface area (Å²) < 4.78 is 0. The van der Waals surface area contributed by atoms with E-state index in [1.165, 1.54) is 12.4 Å². The summed E-state index contributed by atoms with van der Waals surface area (Å²) in [6.07, 6.45) is 5.58. The summed E-state index contributed by atoms with van der Waals surface area (Å²) in [6, 6.07) is 4.98. The SMILES string of the molecule is O=C(O)c1nccnc1C(=O)Nc1ccc2nccnc2c1. The Kier molecular flexibility index (Phi) is 3.40. The molecule has 0 spiro atoms. The van der Waals surface area contributed by atoms with Crippen LogP contribution >= 0.6 is 0 Å². The van der Waals surface area contributed by atoms with Crippen molar-refractivity contribution in [3.05, 3.63) is 54.4 Å².